The minimum absolute atomic E-state index is 0.103. The molecule has 0 unspecified atom stereocenters. The second-order valence-electron chi connectivity index (χ2n) is 4.29. The van der Waals surface area contributed by atoms with Gasteiger partial charge in [-0.15, -0.1) is 0 Å². The Hall–Kier alpha value is -1.34. The van der Waals surface area contributed by atoms with E-state index in [1.165, 1.54) is 6.20 Å². The molecule has 0 saturated heterocycles. The summed E-state index contributed by atoms with van der Waals surface area (Å²) >= 11 is 0. The lowest BCUT2D eigenvalue weighted by Crippen LogP contribution is -2.05. The molecule has 2 aromatic rings. The van der Waals surface area contributed by atoms with Crippen LogP contribution in [0.2, 0.25) is 0 Å². The number of halogens is 1. The van der Waals surface area contributed by atoms with Crippen LogP contribution in [0.3, 0.4) is 0 Å². The predicted octanol–water partition coefficient (Wildman–Crippen LogP) is 1.54. The van der Waals surface area contributed by atoms with Crippen molar-refractivity contribution in [3.05, 3.63) is 30.0 Å². The summed E-state index contributed by atoms with van der Waals surface area (Å²) in [5, 5.41) is 4.16. The highest BCUT2D eigenvalue weighted by Gasteiger charge is 2.17. The Morgan fingerprint density at radius 1 is 1.42 bits per heavy atom. The summed E-state index contributed by atoms with van der Waals surface area (Å²) in [5.41, 5.74) is 0.843. The van der Waals surface area contributed by atoms with Crippen molar-refractivity contribution in [1.82, 2.24) is 19.3 Å². The zero-order valence-corrected chi connectivity index (χ0v) is 12.3. The lowest BCUT2D eigenvalue weighted by molar-refractivity contribution is 0.606. The maximum absolute atomic E-state index is 11.3. The topological polar surface area (TPSA) is 69.8 Å². The SMILES string of the molecule is CCCc1nc(S(=O)(=O)Cl)cn1Cc1ccn(C)n1. The molecule has 0 spiro atoms. The van der Waals surface area contributed by atoms with Gasteiger partial charge in [0, 0.05) is 36.5 Å². The normalized spacial score (nSPS) is 11.9. The largest absolute Gasteiger partial charge is 0.327 e. The molecule has 0 atom stereocenters. The zero-order valence-electron chi connectivity index (χ0n) is 10.7. The highest BCUT2D eigenvalue weighted by Crippen LogP contribution is 2.16. The van der Waals surface area contributed by atoms with E-state index in [2.05, 4.69) is 10.1 Å². The summed E-state index contributed by atoms with van der Waals surface area (Å²) in [7, 11) is 3.36. The van der Waals surface area contributed by atoms with Crippen LogP contribution in [0.1, 0.15) is 24.9 Å². The average Bonchev–Trinajstić information content (AvgIpc) is 2.87. The van der Waals surface area contributed by atoms with Gasteiger partial charge in [-0.2, -0.15) is 5.10 Å². The number of rotatable bonds is 5. The van der Waals surface area contributed by atoms with Crippen molar-refractivity contribution in [3.8, 4) is 0 Å². The van der Waals surface area contributed by atoms with Crippen LogP contribution in [0.5, 0.6) is 0 Å². The van der Waals surface area contributed by atoms with Gasteiger partial charge in [0.05, 0.1) is 12.2 Å². The van der Waals surface area contributed by atoms with E-state index in [0.29, 0.717) is 18.8 Å². The Kier molecular flexibility index (Phi) is 3.96. The van der Waals surface area contributed by atoms with E-state index in [1.54, 1.807) is 9.25 Å². The maximum Gasteiger partial charge on any atom is 0.280 e. The molecule has 0 aliphatic heterocycles. The lowest BCUT2D eigenvalue weighted by Gasteiger charge is -2.04. The van der Waals surface area contributed by atoms with Crippen molar-refractivity contribution >= 4 is 19.7 Å². The van der Waals surface area contributed by atoms with Gasteiger partial charge in [-0.3, -0.25) is 4.68 Å². The first kappa shape index (κ1) is 14.1. The fourth-order valence-corrected chi connectivity index (χ4v) is 2.52. The summed E-state index contributed by atoms with van der Waals surface area (Å²) in [6.07, 6.45) is 4.87. The minimum Gasteiger partial charge on any atom is -0.327 e. The van der Waals surface area contributed by atoms with Gasteiger partial charge in [0.2, 0.25) is 0 Å². The second-order valence-corrected chi connectivity index (χ2v) is 6.80. The molecule has 2 heterocycles. The Labute approximate surface area is 116 Å². The molecule has 0 amide bonds. The first-order chi connectivity index (χ1) is 8.90. The Bertz CT molecular complexity index is 675. The first-order valence-electron chi connectivity index (χ1n) is 5.89. The van der Waals surface area contributed by atoms with E-state index < -0.39 is 9.05 Å². The van der Waals surface area contributed by atoms with Gasteiger partial charge >= 0.3 is 0 Å². The summed E-state index contributed by atoms with van der Waals surface area (Å²) in [6, 6.07) is 1.88. The number of nitrogens with zero attached hydrogens (tertiary/aromatic N) is 4. The number of aryl methyl sites for hydroxylation is 2. The van der Waals surface area contributed by atoms with Gasteiger partial charge < -0.3 is 4.57 Å². The zero-order chi connectivity index (χ0) is 14.0. The Balaban J connectivity index is 2.35. The lowest BCUT2D eigenvalue weighted by atomic mass is 10.3. The number of hydrogen-bond donors (Lipinski definition) is 0. The van der Waals surface area contributed by atoms with E-state index in [1.807, 2.05) is 26.2 Å². The van der Waals surface area contributed by atoms with Crippen LogP contribution < -0.4 is 0 Å². The summed E-state index contributed by atoms with van der Waals surface area (Å²) in [5.74, 6) is 0.701. The molecule has 0 aliphatic rings. The molecular weight excluding hydrogens is 288 g/mol. The third-order valence-corrected chi connectivity index (χ3v) is 3.83. The van der Waals surface area contributed by atoms with Crippen LogP contribution in [-0.2, 0) is 29.1 Å². The average molecular weight is 303 g/mol. The van der Waals surface area contributed by atoms with Crippen molar-refractivity contribution < 1.29 is 8.42 Å². The van der Waals surface area contributed by atoms with E-state index in [9.17, 15) is 8.42 Å². The third kappa shape index (κ3) is 3.36. The molecule has 0 N–H and O–H groups in total. The summed E-state index contributed by atoms with van der Waals surface area (Å²) in [4.78, 5) is 4.08. The van der Waals surface area contributed by atoms with Crippen LogP contribution in [0.15, 0.2) is 23.5 Å². The predicted molar refractivity (Wildman–Crippen MR) is 71.6 cm³/mol. The molecule has 0 aliphatic carbocycles. The highest BCUT2D eigenvalue weighted by molar-refractivity contribution is 8.13. The molecule has 0 fully saturated rings. The van der Waals surface area contributed by atoms with Gasteiger partial charge in [-0.25, -0.2) is 13.4 Å². The van der Waals surface area contributed by atoms with Crippen LogP contribution in [0.25, 0.3) is 0 Å². The van der Waals surface area contributed by atoms with Crippen molar-refractivity contribution in [1.29, 1.82) is 0 Å². The molecule has 8 heteroatoms. The maximum atomic E-state index is 11.3. The second kappa shape index (κ2) is 5.34. The van der Waals surface area contributed by atoms with Crippen LogP contribution in [0.4, 0.5) is 0 Å². The molecule has 2 rings (SSSR count). The molecule has 0 saturated carbocycles. The summed E-state index contributed by atoms with van der Waals surface area (Å²) < 4.78 is 26.1. The first-order valence-corrected chi connectivity index (χ1v) is 8.20. The monoisotopic (exact) mass is 302 g/mol. The van der Waals surface area contributed by atoms with Crippen LogP contribution >= 0.6 is 10.7 Å². The Morgan fingerprint density at radius 2 is 2.16 bits per heavy atom. The van der Waals surface area contributed by atoms with E-state index in [-0.39, 0.29) is 5.03 Å². The molecule has 0 aromatic carbocycles. The molecule has 19 heavy (non-hydrogen) atoms. The fraction of sp³-hybridized carbons (Fsp3) is 0.455. The van der Waals surface area contributed by atoms with Crippen molar-refractivity contribution in [3.63, 3.8) is 0 Å². The van der Waals surface area contributed by atoms with Gasteiger partial charge in [0.25, 0.3) is 9.05 Å². The molecule has 2 aromatic heterocycles. The summed E-state index contributed by atoms with van der Waals surface area (Å²) in [6.45, 7) is 2.49. The highest BCUT2D eigenvalue weighted by atomic mass is 35.7. The third-order valence-electron chi connectivity index (χ3n) is 2.66. The van der Waals surface area contributed by atoms with Crippen molar-refractivity contribution in [2.75, 3.05) is 0 Å². The smallest absolute Gasteiger partial charge is 0.280 e. The number of hydrogen-bond acceptors (Lipinski definition) is 4. The van der Waals surface area contributed by atoms with Crippen LogP contribution in [-0.4, -0.2) is 27.7 Å². The van der Waals surface area contributed by atoms with Gasteiger partial charge in [-0.1, -0.05) is 6.92 Å². The molecular formula is C11H15ClN4O2S. The van der Waals surface area contributed by atoms with Crippen molar-refractivity contribution in [2.24, 2.45) is 7.05 Å². The van der Waals surface area contributed by atoms with Crippen molar-refractivity contribution in [2.45, 2.75) is 31.3 Å². The quantitative estimate of drug-likeness (QED) is 0.786. The van der Waals surface area contributed by atoms with E-state index >= 15 is 0 Å². The van der Waals surface area contributed by atoms with E-state index in [4.69, 9.17) is 10.7 Å². The van der Waals surface area contributed by atoms with Crippen LogP contribution in [0, 0.1) is 0 Å². The number of aromatic nitrogens is 4. The number of imidazole rings is 1. The van der Waals surface area contributed by atoms with Gasteiger partial charge in [0.15, 0.2) is 5.03 Å². The minimum atomic E-state index is -3.80. The standard InChI is InChI=1S/C11H15ClN4O2S/c1-3-4-10-13-11(19(12,17)18)8-16(10)7-9-5-6-15(2)14-9/h5-6,8H,3-4,7H2,1-2H3. The molecule has 6 nitrogen and oxygen atoms in total. The molecule has 104 valence electrons. The Morgan fingerprint density at radius 3 is 2.68 bits per heavy atom. The molecule has 0 radical (unpaired) electrons. The van der Waals surface area contributed by atoms with E-state index in [0.717, 1.165) is 12.1 Å². The molecule has 0 bridgehead atoms. The van der Waals surface area contributed by atoms with Gasteiger partial charge in [0.1, 0.15) is 5.82 Å². The van der Waals surface area contributed by atoms with Gasteiger partial charge in [-0.05, 0) is 12.5 Å². The fourth-order valence-electron chi connectivity index (χ4n) is 1.83.